The molecule has 1 aromatic heterocycles. The number of aldehydes is 1. The summed E-state index contributed by atoms with van der Waals surface area (Å²) in [5.41, 5.74) is -0.421. The number of carbonyl (C=O) groups is 1. The Bertz CT molecular complexity index is 298. The quantitative estimate of drug-likeness (QED) is 0.600. The van der Waals surface area contributed by atoms with E-state index in [4.69, 9.17) is 0 Å². The molecule has 1 heterocycles. The van der Waals surface area contributed by atoms with E-state index in [1.807, 2.05) is 20.8 Å². The first kappa shape index (κ1) is 8.90. The fourth-order valence-electron chi connectivity index (χ4n) is 0.893. The Labute approximate surface area is 70.2 Å². The third-order valence-corrected chi connectivity index (χ3v) is 1.50. The van der Waals surface area contributed by atoms with Crippen molar-refractivity contribution in [2.24, 2.45) is 0 Å². The lowest BCUT2D eigenvalue weighted by atomic mass is 10.1. The highest BCUT2D eigenvalue weighted by Gasteiger charge is 2.20. The fourth-order valence-corrected chi connectivity index (χ4v) is 0.893. The van der Waals surface area contributed by atoms with Crippen molar-refractivity contribution in [3.63, 3.8) is 0 Å². The van der Waals surface area contributed by atoms with Gasteiger partial charge in [-0.05, 0) is 20.8 Å². The molecule has 0 amide bonds. The SMILES string of the molecule is CC(C)(C)n1ncc(C=O)c1F. The van der Waals surface area contributed by atoms with Crippen molar-refractivity contribution in [1.82, 2.24) is 9.78 Å². The van der Waals surface area contributed by atoms with Gasteiger partial charge in [0.15, 0.2) is 6.29 Å². The molecule has 0 saturated heterocycles. The normalized spacial score (nSPS) is 11.7. The van der Waals surface area contributed by atoms with Gasteiger partial charge in [0.2, 0.25) is 5.95 Å². The van der Waals surface area contributed by atoms with Crippen molar-refractivity contribution in [3.05, 3.63) is 17.7 Å². The summed E-state index contributed by atoms with van der Waals surface area (Å²) in [6, 6.07) is 0. The van der Waals surface area contributed by atoms with Crippen LogP contribution in [-0.2, 0) is 5.54 Å². The van der Waals surface area contributed by atoms with Gasteiger partial charge in [-0.3, -0.25) is 4.79 Å². The van der Waals surface area contributed by atoms with Gasteiger partial charge < -0.3 is 0 Å². The Kier molecular flexibility index (Phi) is 2.00. The molecule has 3 nitrogen and oxygen atoms in total. The summed E-state index contributed by atoms with van der Waals surface area (Å²) in [6.45, 7) is 5.45. The van der Waals surface area contributed by atoms with Crippen LogP contribution in [0.2, 0.25) is 0 Å². The topological polar surface area (TPSA) is 34.9 Å². The summed E-state index contributed by atoms with van der Waals surface area (Å²) in [5.74, 6) is -0.572. The molecule has 66 valence electrons. The van der Waals surface area contributed by atoms with Crippen molar-refractivity contribution in [2.45, 2.75) is 26.3 Å². The number of hydrogen-bond donors (Lipinski definition) is 0. The number of carbonyl (C=O) groups excluding carboxylic acids is 1. The molecule has 0 atom stereocenters. The van der Waals surface area contributed by atoms with E-state index in [-0.39, 0.29) is 5.56 Å². The summed E-state index contributed by atoms with van der Waals surface area (Å²) in [4.78, 5) is 10.3. The Balaban J connectivity index is 3.19. The molecular formula is C8H11FN2O. The molecule has 0 saturated carbocycles. The predicted octanol–water partition coefficient (Wildman–Crippen LogP) is 1.59. The first-order chi connectivity index (χ1) is 5.46. The molecule has 1 aromatic rings. The summed E-state index contributed by atoms with van der Waals surface area (Å²) in [7, 11) is 0. The van der Waals surface area contributed by atoms with Crippen molar-refractivity contribution < 1.29 is 9.18 Å². The first-order valence-electron chi connectivity index (χ1n) is 3.66. The van der Waals surface area contributed by atoms with Gasteiger partial charge in [0.25, 0.3) is 0 Å². The second-order valence-electron chi connectivity index (χ2n) is 3.59. The van der Waals surface area contributed by atoms with Gasteiger partial charge in [-0.15, -0.1) is 0 Å². The van der Waals surface area contributed by atoms with Gasteiger partial charge in [0.1, 0.15) is 0 Å². The van der Waals surface area contributed by atoms with E-state index in [9.17, 15) is 9.18 Å². The number of rotatable bonds is 1. The molecule has 0 aliphatic heterocycles. The van der Waals surface area contributed by atoms with Gasteiger partial charge in [-0.2, -0.15) is 9.49 Å². The zero-order chi connectivity index (χ0) is 9.35. The minimum atomic E-state index is -0.572. The number of aromatic nitrogens is 2. The Morgan fingerprint density at radius 3 is 2.42 bits per heavy atom. The van der Waals surface area contributed by atoms with Crippen LogP contribution in [0, 0.1) is 5.95 Å². The largest absolute Gasteiger partial charge is 0.298 e. The van der Waals surface area contributed by atoms with Crippen molar-refractivity contribution >= 4 is 6.29 Å². The van der Waals surface area contributed by atoms with Gasteiger partial charge in [0.05, 0.1) is 17.3 Å². The van der Waals surface area contributed by atoms with Crippen LogP contribution in [0.25, 0.3) is 0 Å². The highest BCUT2D eigenvalue weighted by atomic mass is 19.1. The standard InChI is InChI=1S/C8H11FN2O/c1-8(2,3)11-7(9)6(5-12)4-10-11/h4-5H,1-3H3. The molecule has 4 heteroatoms. The Morgan fingerprint density at radius 2 is 2.17 bits per heavy atom. The van der Waals surface area contributed by atoms with Crippen LogP contribution in [0.5, 0.6) is 0 Å². The molecule has 0 aliphatic carbocycles. The monoisotopic (exact) mass is 170 g/mol. The average Bonchev–Trinajstić information content (AvgIpc) is 2.29. The molecule has 0 unspecified atom stereocenters. The summed E-state index contributed by atoms with van der Waals surface area (Å²) in [5, 5.41) is 3.77. The van der Waals surface area contributed by atoms with E-state index < -0.39 is 11.5 Å². The third kappa shape index (κ3) is 1.37. The van der Waals surface area contributed by atoms with Crippen LogP contribution in [-0.4, -0.2) is 16.1 Å². The maximum absolute atomic E-state index is 13.2. The molecule has 0 aromatic carbocycles. The fraction of sp³-hybridized carbons (Fsp3) is 0.500. The maximum atomic E-state index is 13.2. The predicted molar refractivity (Wildman–Crippen MR) is 42.6 cm³/mol. The molecular weight excluding hydrogens is 159 g/mol. The van der Waals surface area contributed by atoms with E-state index >= 15 is 0 Å². The summed E-state index contributed by atoms with van der Waals surface area (Å²) in [6.07, 6.45) is 1.69. The van der Waals surface area contributed by atoms with Crippen LogP contribution in [0.3, 0.4) is 0 Å². The van der Waals surface area contributed by atoms with Crippen LogP contribution in [0.1, 0.15) is 31.1 Å². The smallest absolute Gasteiger partial charge is 0.222 e. The molecule has 0 bridgehead atoms. The highest BCUT2D eigenvalue weighted by molar-refractivity contribution is 5.73. The van der Waals surface area contributed by atoms with Crippen LogP contribution in [0.15, 0.2) is 6.20 Å². The zero-order valence-corrected chi connectivity index (χ0v) is 7.34. The van der Waals surface area contributed by atoms with Crippen LogP contribution >= 0.6 is 0 Å². The molecule has 0 N–H and O–H groups in total. The minimum Gasteiger partial charge on any atom is -0.298 e. The van der Waals surface area contributed by atoms with Crippen molar-refractivity contribution in [1.29, 1.82) is 0 Å². The molecule has 0 radical (unpaired) electrons. The van der Waals surface area contributed by atoms with Crippen molar-refractivity contribution in [2.75, 3.05) is 0 Å². The van der Waals surface area contributed by atoms with Crippen molar-refractivity contribution in [3.8, 4) is 0 Å². The lowest BCUT2D eigenvalue weighted by molar-refractivity contribution is 0.111. The van der Waals surface area contributed by atoms with Gasteiger partial charge in [-0.25, -0.2) is 4.68 Å². The Hall–Kier alpha value is -1.19. The molecule has 1 rings (SSSR count). The summed E-state index contributed by atoms with van der Waals surface area (Å²) >= 11 is 0. The van der Waals surface area contributed by atoms with E-state index in [1.165, 1.54) is 10.9 Å². The third-order valence-electron chi connectivity index (χ3n) is 1.50. The van der Waals surface area contributed by atoms with Crippen LogP contribution < -0.4 is 0 Å². The molecule has 0 spiro atoms. The second-order valence-corrected chi connectivity index (χ2v) is 3.59. The van der Waals surface area contributed by atoms with E-state index in [0.29, 0.717) is 6.29 Å². The number of hydrogen-bond acceptors (Lipinski definition) is 2. The maximum Gasteiger partial charge on any atom is 0.222 e. The summed E-state index contributed by atoms with van der Waals surface area (Å²) < 4.78 is 14.4. The van der Waals surface area contributed by atoms with Gasteiger partial charge in [-0.1, -0.05) is 0 Å². The molecule has 0 aliphatic rings. The highest BCUT2D eigenvalue weighted by Crippen LogP contribution is 2.16. The van der Waals surface area contributed by atoms with E-state index in [2.05, 4.69) is 5.10 Å². The Morgan fingerprint density at radius 1 is 1.58 bits per heavy atom. The van der Waals surface area contributed by atoms with E-state index in [0.717, 1.165) is 0 Å². The lowest BCUT2D eigenvalue weighted by Crippen LogP contribution is -2.24. The second kappa shape index (κ2) is 2.69. The average molecular weight is 170 g/mol. The van der Waals surface area contributed by atoms with E-state index in [1.54, 1.807) is 0 Å². The van der Waals surface area contributed by atoms with Gasteiger partial charge >= 0.3 is 0 Å². The zero-order valence-electron chi connectivity index (χ0n) is 7.34. The number of halogens is 1. The minimum absolute atomic E-state index is 0.00456. The lowest BCUT2D eigenvalue weighted by Gasteiger charge is -2.19. The van der Waals surface area contributed by atoms with Gasteiger partial charge in [0, 0.05) is 0 Å². The number of nitrogens with zero attached hydrogens (tertiary/aromatic N) is 2. The molecule has 0 fully saturated rings. The molecule has 12 heavy (non-hydrogen) atoms. The van der Waals surface area contributed by atoms with Crippen LogP contribution in [0.4, 0.5) is 4.39 Å². The first-order valence-corrected chi connectivity index (χ1v) is 3.66.